The van der Waals surface area contributed by atoms with Gasteiger partial charge in [0.05, 0.1) is 10.6 Å². The second-order valence-electron chi connectivity index (χ2n) is 10.3. The van der Waals surface area contributed by atoms with Gasteiger partial charge < -0.3 is 10.2 Å². The number of anilines is 1. The predicted octanol–water partition coefficient (Wildman–Crippen LogP) is 5.58. The molecule has 0 aliphatic heterocycles. The van der Waals surface area contributed by atoms with Gasteiger partial charge in [0.2, 0.25) is 11.8 Å². The molecule has 0 unspecified atom stereocenters. The molecule has 43 heavy (non-hydrogen) atoms. The maximum Gasteiger partial charge on any atom is 0.264 e. The zero-order valence-corrected chi connectivity index (χ0v) is 25.1. The normalized spacial score (nSPS) is 12.6. The van der Waals surface area contributed by atoms with Crippen LogP contribution in [0.1, 0.15) is 31.4 Å². The summed E-state index contributed by atoms with van der Waals surface area (Å²) in [4.78, 5) is 29.4. The summed E-state index contributed by atoms with van der Waals surface area (Å²) in [6.07, 6.45) is 0.889. The first-order valence-corrected chi connectivity index (χ1v) is 15.6. The number of nitrogens with zero attached hydrogens (tertiary/aromatic N) is 2. The van der Waals surface area contributed by atoms with Crippen molar-refractivity contribution in [1.29, 1.82) is 0 Å². The van der Waals surface area contributed by atoms with Crippen molar-refractivity contribution in [2.45, 2.75) is 50.2 Å². The third kappa shape index (κ3) is 8.08. The van der Waals surface area contributed by atoms with Crippen LogP contribution in [0.25, 0.3) is 0 Å². The molecule has 224 valence electrons. The second-order valence-corrected chi connectivity index (χ2v) is 12.2. The van der Waals surface area contributed by atoms with Crippen molar-refractivity contribution >= 4 is 27.5 Å². The maximum absolute atomic E-state index is 15.1. The average Bonchev–Trinajstić information content (AvgIpc) is 3.03. The quantitative estimate of drug-likeness (QED) is 0.217. The van der Waals surface area contributed by atoms with Gasteiger partial charge >= 0.3 is 0 Å². The van der Waals surface area contributed by atoms with Crippen molar-refractivity contribution in [3.05, 3.63) is 132 Å². The molecular weight excluding hydrogens is 565 g/mol. The van der Waals surface area contributed by atoms with Gasteiger partial charge in [-0.15, -0.1) is 0 Å². The molecule has 2 atom stereocenters. The van der Waals surface area contributed by atoms with Crippen molar-refractivity contribution < 1.29 is 22.4 Å². The van der Waals surface area contributed by atoms with Crippen molar-refractivity contribution in [2.24, 2.45) is 0 Å². The lowest BCUT2D eigenvalue weighted by Gasteiger charge is -2.34. The smallest absolute Gasteiger partial charge is 0.264 e. The number of carbonyl (C=O) groups excluding carboxylic acids is 2. The Labute approximate surface area is 253 Å². The van der Waals surface area contributed by atoms with Gasteiger partial charge in [-0.3, -0.25) is 13.9 Å². The molecule has 0 fully saturated rings. The number of benzene rings is 4. The first-order chi connectivity index (χ1) is 20.7. The molecule has 4 aromatic rings. The van der Waals surface area contributed by atoms with E-state index in [2.05, 4.69) is 5.32 Å². The highest BCUT2D eigenvalue weighted by Crippen LogP contribution is 2.27. The lowest BCUT2D eigenvalue weighted by Crippen LogP contribution is -2.54. The van der Waals surface area contributed by atoms with Crippen LogP contribution in [0, 0.1) is 5.82 Å². The molecule has 1 N–H and O–H groups in total. The molecule has 0 aliphatic carbocycles. The monoisotopic (exact) mass is 601 g/mol. The summed E-state index contributed by atoms with van der Waals surface area (Å²) in [5, 5.41) is 3.00. The number of hydrogen-bond donors (Lipinski definition) is 1. The molecule has 0 saturated heterocycles. The Kier molecular flexibility index (Phi) is 10.7. The molecule has 4 rings (SSSR count). The van der Waals surface area contributed by atoms with Crippen LogP contribution in [0.2, 0.25) is 0 Å². The minimum absolute atomic E-state index is 0.0432. The summed E-state index contributed by atoms with van der Waals surface area (Å²) < 4.78 is 43.7. The largest absolute Gasteiger partial charge is 0.352 e. The Morgan fingerprint density at radius 1 is 0.791 bits per heavy atom. The Hall–Kier alpha value is -4.50. The van der Waals surface area contributed by atoms with Crippen LogP contribution < -0.4 is 9.62 Å². The number of amides is 2. The molecule has 0 aromatic heterocycles. The van der Waals surface area contributed by atoms with Crippen LogP contribution >= 0.6 is 0 Å². The first-order valence-electron chi connectivity index (χ1n) is 14.2. The first kappa shape index (κ1) is 31.4. The fourth-order valence-electron chi connectivity index (χ4n) is 4.66. The van der Waals surface area contributed by atoms with E-state index >= 15 is 4.39 Å². The molecule has 2 amide bonds. The summed E-state index contributed by atoms with van der Waals surface area (Å²) in [7, 11) is -4.36. The third-order valence-electron chi connectivity index (χ3n) is 7.20. The van der Waals surface area contributed by atoms with Gasteiger partial charge in [0.15, 0.2) is 0 Å². The van der Waals surface area contributed by atoms with Crippen LogP contribution in [0.3, 0.4) is 0 Å². The minimum Gasteiger partial charge on any atom is -0.352 e. The summed E-state index contributed by atoms with van der Waals surface area (Å²) in [6.45, 7) is 3.16. The van der Waals surface area contributed by atoms with E-state index in [9.17, 15) is 18.0 Å². The zero-order chi connectivity index (χ0) is 30.8. The molecule has 0 saturated carbocycles. The number of sulfonamides is 1. The van der Waals surface area contributed by atoms with E-state index in [4.69, 9.17) is 0 Å². The molecule has 0 heterocycles. The Morgan fingerprint density at radius 3 is 1.91 bits per heavy atom. The number of halogens is 1. The SMILES string of the molecule is CC[C@H](C)NC(=O)[C@H](Cc1ccccc1)N(Cc1ccccc1)C(=O)CN(c1ccccc1F)S(=O)(=O)c1ccccc1. The highest BCUT2D eigenvalue weighted by atomic mass is 32.2. The lowest BCUT2D eigenvalue weighted by atomic mass is 10.0. The van der Waals surface area contributed by atoms with E-state index in [0.717, 1.165) is 21.5 Å². The molecule has 9 heteroatoms. The molecular formula is C34H36FN3O4S. The van der Waals surface area contributed by atoms with Gasteiger partial charge in [-0.25, -0.2) is 12.8 Å². The molecule has 0 aliphatic rings. The van der Waals surface area contributed by atoms with Gasteiger partial charge in [-0.2, -0.15) is 0 Å². The number of carbonyl (C=O) groups is 2. The van der Waals surface area contributed by atoms with E-state index in [0.29, 0.717) is 6.42 Å². The summed E-state index contributed by atoms with van der Waals surface area (Å²) in [5.74, 6) is -1.79. The molecule has 0 bridgehead atoms. The maximum atomic E-state index is 15.1. The Bertz CT molecular complexity index is 1600. The van der Waals surface area contributed by atoms with Gasteiger partial charge in [-0.1, -0.05) is 97.9 Å². The van der Waals surface area contributed by atoms with Gasteiger partial charge in [0, 0.05) is 19.0 Å². The topological polar surface area (TPSA) is 86.8 Å². The summed E-state index contributed by atoms with van der Waals surface area (Å²) >= 11 is 0. The average molecular weight is 602 g/mol. The van der Waals surface area contributed by atoms with Gasteiger partial charge in [-0.05, 0) is 48.7 Å². The van der Waals surface area contributed by atoms with E-state index in [-0.39, 0.29) is 35.5 Å². The Balaban J connectivity index is 1.79. The number of nitrogens with one attached hydrogen (secondary N) is 1. The zero-order valence-electron chi connectivity index (χ0n) is 24.3. The van der Waals surface area contributed by atoms with Gasteiger partial charge in [0.1, 0.15) is 18.4 Å². The third-order valence-corrected chi connectivity index (χ3v) is 8.97. The van der Waals surface area contributed by atoms with Crippen molar-refractivity contribution in [1.82, 2.24) is 10.2 Å². The van der Waals surface area contributed by atoms with Crippen LogP contribution in [0.5, 0.6) is 0 Å². The fraction of sp³-hybridized carbons (Fsp3) is 0.235. The molecule has 7 nitrogen and oxygen atoms in total. The second kappa shape index (κ2) is 14.6. The van der Waals surface area contributed by atoms with Crippen molar-refractivity contribution in [2.75, 3.05) is 10.8 Å². The number of para-hydroxylation sites is 1. The standard InChI is InChI=1S/C34H36FN3O4S/c1-3-26(2)36-34(40)32(23-27-15-7-4-8-16-27)37(24-28-17-9-5-10-18-28)33(39)25-38(31-22-14-13-21-30(31)35)43(41,42)29-19-11-6-12-20-29/h4-22,26,32H,3,23-25H2,1-2H3,(H,36,40)/t26-,32-/m0/s1. The van der Waals surface area contributed by atoms with Crippen LogP contribution in [-0.2, 0) is 32.6 Å². The molecule has 4 aromatic carbocycles. The van der Waals surface area contributed by atoms with E-state index in [1.807, 2.05) is 74.5 Å². The Morgan fingerprint density at radius 2 is 1.33 bits per heavy atom. The highest BCUT2D eigenvalue weighted by Gasteiger charge is 2.35. The highest BCUT2D eigenvalue weighted by molar-refractivity contribution is 7.92. The summed E-state index contributed by atoms with van der Waals surface area (Å²) in [6, 6.07) is 30.4. The number of rotatable bonds is 13. The van der Waals surface area contributed by atoms with E-state index < -0.39 is 34.3 Å². The minimum atomic E-state index is -4.36. The van der Waals surface area contributed by atoms with Crippen LogP contribution in [-0.4, -0.2) is 43.8 Å². The van der Waals surface area contributed by atoms with E-state index in [1.165, 1.54) is 35.2 Å². The molecule has 0 spiro atoms. The van der Waals surface area contributed by atoms with Crippen molar-refractivity contribution in [3.8, 4) is 0 Å². The number of hydrogen-bond acceptors (Lipinski definition) is 4. The fourth-order valence-corrected chi connectivity index (χ4v) is 6.11. The van der Waals surface area contributed by atoms with Gasteiger partial charge in [0.25, 0.3) is 10.0 Å². The van der Waals surface area contributed by atoms with Crippen LogP contribution in [0.4, 0.5) is 10.1 Å². The molecule has 0 radical (unpaired) electrons. The predicted molar refractivity (Wildman–Crippen MR) is 166 cm³/mol. The lowest BCUT2D eigenvalue weighted by molar-refractivity contribution is -0.140. The summed E-state index contributed by atoms with van der Waals surface area (Å²) in [5.41, 5.74) is 1.33. The van der Waals surface area contributed by atoms with Crippen LogP contribution in [0.15, 0.2) is 120 Å². The van der Waals surface area contributed by atoms with Crippen molar-refractivity contribution in [3.63, 3.8) is 0 Å². The van der Waals surface area contributed by atoms with E-state index in [1.54, 1.807) is 18.2 Å².